The summed E-state index contributed by atoms with van der Waals surface area (Å²) in [4.78, 5) is 21.0. The molecule has 0 aliphatic rings. The molecule has 1 aromatic heterocycles. The van der Waals surface area contributed by atoms with Crippen molar-refractivity contribution in [3.8, 4) is 11.4 Å². The molecule has 7 nitrogen and oxygen atoms in total. The van der Waals surface area contributed by atoms with Crippen molar-refractivity contribution < 1.29 is 27.3 Å². The number of benzene rings is 2. The number of nitrogens with zero attached hydrogens (tertiary/aromatic N) is 2. The summed E-state index contributed by atoms with van der Waals surface area (Å²) in [6, 6.07) is 13.2. The Hall–Kier alpha value is -2.95. The van der Waals surface area contributed by atoms with Gasteiger partial charge in [0.25, 0.3) is 5.91 Å². The molecule has 0 radical (unpaired) electrons. The van der Waals surface area contributed by atoms with Gasteiger partial charge in [-0.05, 0) is 35.7 Å². The van der Waals surface area contributed by atoms with Crippen LogP contribution in [0.25, 0.3) is 11.4 Å². The minimum Gasteiger partial charge on any atom is -0.352 e. The molecule has 3 rings (SSSR count). The first-order valence-electron chi connectivity index (χ1n) is 9.61. The number of rotatable bonds is 9. The maximum absolute atomic E-state index is 12.6. The minimum atomic E-state index is -4.71. The Morgan fingerprint density at radius 1 is 1.12 bits per heavy atom. The van der Waals surface area contributed by atoms with Gasteiger partial charge in [0.05, 0.1) is 6.61 Å². The average Bonchev–Trinajstić information content (AvgIpc) is 3.27. The van der Waals surface area contributed by atoms with E-state index in [0.29, 0.717) is 35.8 Å². The van der Waals surface area contributed by atoms with E-state index in [4.69, 9.17) is 16.4 Å². The van der Waals surface area contributed by atoms with E-state index in [9.17, 15) is 18.0 Å². The average molecular weight is 469 g/mol. The van der Waals surface area contributed by atoms with Gasteiger partial charge in [-0.2, -0.15) is 18.2 Å². The van der Waals surface area contributed by atoms with Crippen LogP contribution in [0.4, 0.5) is 13.2 Å². The van der Waals surface area contributed by atoms with Gasteiger partial charge in [-0.25, -0.2) is 5.48 Å². The van der Waals surface area contributed by atoms with Crippen molar-refractivity contribution in [1.29, 1.82) is 0 Å². The monoisotopic (exact) mass is 468 g/mol. The van der Waals surface area contributed by atoms with E-state index in [0.717, 1.165) is 5.56 Å². The van der Waals surface area contributed by atoms with Gasteiger partial charge in [0.15, 0.2) is 0 Å². The van der Waals surface area contributed by atoms with Crippen LogP contribution in [0.5, 0.6) is 0 Å². The molecule has 1 atom stereocenters. The summed E-state index contributed by atoms with van der Waals surface area (Å²) in [5.74, 6) is -1.85. The van der Waals surface area contributed by atoms with Gasteiger partial charge in [0, 0.05) is 29.2 Å². The number of carbonyl (C=O) groups is 1. The fourth-order valence-electron chi connectivity index (χ4n) is 2.58. The molecule has 0 aliphatic heterocycles. The molecule has 0 saturated heterocycles. The second kappa shape index (κ2) is 10.6. The number of alkyl halides is 3. The zero-order chi connectivity index (χ0) is 23.1. The highest BCUT2D eigenvalue weighted by Gasteiger charge is 2.38. The number of halogens is 4. The van der Waals surface area contributed by atoms with E-state index in [2.05, 4.69) is 25.5 Å². The lowest BCUT2D eigenvalue weighted by atomic mass is 10.1. The maximum Gasteiger partial charge on any atom is 0.471 e. The molecular formula is C21H20ClF3N4O3. The number of hydrogen-bond donors (Lipinski definition) is 2. The molecule has 0 fully saturated rings. The Bertz CT molecular complexity index is 1020. The third kappa shape index (κ3) is 6.78. The molecule has 32 heavy (non-hydrogen) atoms. The Balaban J connectivity index is 1.41. The summed E-state index contributed by atoms with van der Waals surface area (Å²) in [5, 5.41) is 6.77. The smallest absolute Gasteiger partial charge is 0.352 e. The predicted molar refractivity (Wildman–Crippen MR) is 110 cm³/mol. The van der Waals surface area contributed by atoms with Crippen LogP contribution in [0.3, 0.4) is 0 Å². The highest BCUT2D eigenvalue weighted by molar-refractivity contribution is 6.30. The van der Waals surface area contributed by atoms with Crippen LogP contribution in [0.1, 0.15) is 28.7 Å². The van der Waals surface area contributed by atoms with Crippen molar-refractivity contribution in [2.45, 2.75) is 19.7 Å². The van der Waals surface area contributed by atoms with Gasteiger partial charge in [0.2, 0.25) is 5.82 Å². The van der Waals surface area contributed by atoms with Crippen molar-refractivity contribution in [2.75, 3.05) is 13.1 Å². The summed E-state index contributed by atoms with van der Waals surface area (Å²) < 4.78 is 41.9. The molecule has 1 amide bonds. The Kier molecular flexibility index (Phi) is 7.84. The molecule has 0 spiro atoms. The third-order valence-electron chi connectivity index (χ3n) is 4.37. The lowest BCUT2D eigenvalue weighted by Gasteiger charge is -2.14. The van der Waals surface area contributed by atoms with Gasteiger partial charge in [-0.15, -0.1) is 0 Å². The van der Waals surface area contributed by atoms with Gasteiger partial charge >= 0.3 is 12.1 Å². The zero-order valence-corrected chi connectivity index (χ0v) is 17.7. The van der Waals surface area contributed by atoms with Crippen molar-refractivity contribution in [3.05, 3.63) is 70.6 Å². The standard InChI is InChI=1S/C21H20ClF3N4O3/c1-13(11-27-31-12-14-2-8-17(22)9-3-14)10-26-19(30)16-6-4-15(5-7-16)18-28-20(32-29-18)21(23,24)25/h2-9,13,27H,10-12H2,1H3,(H,26,30). The molecule has 2 aromatic carbocycles. The number of hydroxylamine groups is 1. The lowest BCUT2D eigenvalue weighted by Crippen LogP contribution is -2.33. The Labute approximate surface area is 186 Å². The highest BCUT2D eigenvalue weighted by atomic mass is 35.5. The van der Waals surface area contributed by atoms with E-state index in [1.165, 1.54) is 24.3 Å². The predicted octanol–water partition coefficient (Wildman–Crippen LogP) is 4.50. The summed E-state index contributed by atoms with van der Waals surface area (Å²) in [6.45, 7) is 3.24. The van der Waals surface area contributed by atoms with E-state index in [-0.39, 0.29) is 17.6 Å². The van der Waals surface area contributed by atoms with Crippen LogP contribution in [0.2, 0.25) is 5.02 Å². The minimum absolute atomic E-state index is 0.0866. The van der Waals surface area contributed by atoms with E-state index >= 15 is 0 Å². The number of nitrogens with one attached hydrogen (secondary N) is 2. The summed E-state index contributed by atoms with van der Waals surface area (Å²) in [7, 11) is 0. The van der Waals surface area contributed by atoms with Crippen LogP contribution >= 0.6 is 11.6 Å². The van der Waals surface area contributed by atoms with Gasteiger partial charge < -0.3 is 9.84 Å². The second-order valence-corrected chi connectivity index (χ2v) is 7.51. The third-order valence-corrected chi connectivity index (χ3v) is 4.62. The largest absolute Gasteiger partial charge is 0.471 e. The molecule has 0 bridgehead atoms. The van der Waals surface area contributed by atoms with E-state index in [1.54, 1.807) is 12.1 Å². The van der Waals surface area contributed by atoms with Crippen molar-refractivity contribution in [3.63, 3.8) is 0 Å². The fraction of sp³-hybridized carbons (Fsp3) is 0.286. The molecule has 1 heterocycles. The second-order valence-electron chi connectivity index (χ2n) is 7.08. The molecule has 0 saturated carbocycles. The molecule has 3 aromatic rings. The summed E-state index contributed by atoms with van der Waals surface area (Å²) in [5.41, 5.74) is 4.49. The van der Waals surface area contributed by atoms with Crippen molar-refractivity contribution >= 4 is 17.5 Å². The fourth-order valence-corrected chi connectivity index (χ4v) is 2.71. The SMILES string of the molecule is CC(CNOCc1ccc(Cl)cc1)CNC(=O)c1ccc(-c2noc(C(F)(F)F)n2)cc1. The van der Waals surface area contributed by atoms with Crippen LogP contribution in [-0.4, -0.2) is 29.1 Å². The van der Waals surface area contributed by atoms with Crippen molar-refractivity contribution in [2.24, 2.45) is 5.92 Å². The molecule has 11 heteroatoms. The number of hydrogen-bond acceptors (Lipinski definition) is 6. The quantitative estimate of drug-likeness (QED) is 0.355. The first kappa shape index (κ1) is 23.7. The van der Waals surface area contributed by atoms with E-state index < -0.39 is 12.1 Å². The number of amides is 1. The van der Waals surface area contributed by atoms with Crippen LogP contribution in [0, 0.1) is 5.92 Å². The first-order chi connectivity index (χ1) is 15.2. The van der Waals surface area contributed by atoms with Gasteiger partial charge in [0.1, 0.15) is 0 Å². The van der Waals surface area contributed by atoms with E-state index in [1.807, 2.05) is 19.1 Å². The van der Waals surface area contributed by atoms with Crippen LogP contribution in [-0.2, 0) is 17.6 Å². The van der Waals surface area contributed by atoms with Crippen LogP contribution in [0.15, 0.2) is 53.1 Å². The summed E-state index contributed by atoms with van der Waals surface area (Å²) >= 11 is 5.83. The van der Waals surface area contributed by atoms with Gasteiger partial charge in [-0.1, -0.05) is 47.9 Å². The highest BCUT2D eigenvalue weighted by Crippen LogP contribution is 2.29. The number of aromatic nitrogens is 2. The molecule has 2 N–H and O–H groups in total. The van der Waals surface area contributed by atoms with Gasteiger partial charge in [-0.3, -0.25) is 9.63 Å². The topological polar surface area (TPSA) is 89.3 Å². The molecular weight excluding hydrogens is 449 g/mol. The molecule has 170 valence electrons. The Morgan fingerprint density at radius 2 is 1.81 bits per heavy atom. The molecule has 1 unspecified atom stereocenters. The normalized spacial score (nSPS) is 12.5. The Morgan fingerprint density at radius 3 is 2.44 bits per heavy atom. The van der Waals surface area contributed by atoms with Crippen LogP contribution < -0.4 is 10.8 Å². The number of carbonyl (C=O) groups excluding carboxylic acids is 1. The van der Waals surface area contributed by atoms with Crippen molar-refractivity contribution in [1.82, 2.24) is 20.9 Å². The first-order valence-corrected chi connectivity index (χ1v) is 9.99. The maximum atomic E-state index is 12.6. The molecule has 0 aliphatic carbocycles. The zero-order valence-electron chi connectivity index (χ0n) is 16.9. The lowest BCUT2D eigenvalue weighted by molar-refractivity contribution is -0.159. The summed E-state index contributed by atoms with van der Waals surface area (Å²) in [6.07, 6.45) is -4.71.